The van der Waals surface area contributed by atoms with Crippen LogP contribution in [0.15, 0.2) is 36.5 Å². The van der Waals surface area contributed by atoms with Crippen LogP contribution < -0.4 is 10.2 Å². The summed E-state index contributed by atoms with van der Waals surface area (Å²) in [5, 5.41) is 3.05. The first-order chi connectivity index (χ1) is 42.4. The van der Waals surface area contributed by atoms with Crippen molar-refractivity contribution in [3.63, 3.8) is 0 Å². The molecule has 0 aromatic rings. The molecule has 0 saturated heterocycles. The Kier molecular flexibility index (Phi) is 65.8. The van der Waals surface area contributed by atoms with Gasteiger partial charge < -0.3 is 28.5 Å². The number of rotatable bonds is 71. The van der Waals surface area contributed by atoms with Gasteiger partial charge in [-0.3, -0.25) is 14.2 Å². The number of esters is 1. The number of nitrogens with one attached hydrogen (secondary N) is 1. The minimum Gasteiger partial charge on any atom is -0.756 e. The van der Waals surface area contributed by atoms with Crippen molar-refractivity contribution in [2.45, 2.75) is 405 Å². The average molecular weight is 1250 g/mol. The van der Waals surface area contributed by atoms with Gasteiger partial charge in [0.05, 0.1) is 33.8 Å². The zero-order valence-corrected chi connectivity index (χ0v) is 59.9. The number of allylic oxidation sites excluding steroid dienone is 5. The average Bonchev–Trinajstić information content (AvgIpc) is 3.70. The molecule has 3 unspecified atom stereocenters. The molecule has 0 saturated carbocycles. The van der Waals surface area contributed by atoms with Crippen LogP contribution in [0.5, 0.6) is 0 Å². The highest BCUT2D eigenvalue weighted by atomic mass is 31.2. The van der Waals surface area contributed by atoms with E-state index in [2.05, 4.69) is 50.4 Å². The lowest BCUT2D eigenvalue weighted by Gasteiger charge is -2.30. The van der Waals surface area contributed by atoms with Crippen LogP contribution in [0.25, 0.3) is 0 Å². The molecule has 0 rings (SSSR count). The number of amides is 1. The summed E-state index contributed by atoms with van der Waals surface area (Å²) in [6, 6.07) is -0.885. The number of carbonyl (C=O) groups is 2. The lowest BCUT2D eigenvalue weighted by atomic mass is 10.0. The van der Waals surface area contributed by atoms with E-state index in [9.17, 15) is 19.0 Å². The number of likely N-dealkylation sites (N-methyl/N-ethyl adjacent to an activating group) is 1. The van der Waals surface area contributed by atoms with E-state index >= 15 is 0 Å². The number of phosphoric ester groups is 1. The maximum Gasteiger partial charge on any atom is 0.306 e. The van der Waals surface area contributed by atoms with Crippen molar-refractivity contribution in [1.29, 1.82) is 0 Å². The normalized spacial score (nSPS) is 13.6. The molecule has 9 nitrogen and oxygen atoms in total. The first-order valence-corrected chi connectivity index (χ1v) is 39.8. The smallest absolute Gasteiger partial charge is 0.306 e. The molecule has 0 radical (unpaired) electrons. The Bertz CT molecular complexity index is 1580. The zero-order chi connectivity index (χ0) is 63.5. The number of ether oxygens (including phenoxy) is 1. The maximum atomic E-state index is 13.6. The van der Waals surface area contributed by atoms with E-state index in [1.165, 1.54) is 295 Å². The Hall–Kier alpha value is -1.77. The Labute approximate surface area is 542 Å². The van der Waals surface area contributed by atoms with Gasteiger partial charge in [0, 0.05) is 12.8 Å². The molecule has 1 amide bonds. The summed E-state index contributed by atoms with van der Waals surface area (Å²) >= 11 is 0. The molecule has 0 aliphatic carbocycles. The molecule has 10 heteroatoms. The van der Waals surface area contributed by atoms with Gasteiger partial charge in [-0.05, 0) is 63.9 Å². The van der Waals surface area contributed by atoms with Gasteiger partial charge in [-0.1, -0.05) is 353 Å². The Morgan fingerprint density at radius 1 is 0.402 bits per heavy atom. The SMILES string of the molecule is CCCCC/C=C\C/C=C\CCCCCCCCCCCCCCCCCC(=O)NC(COP(=O)([O-])OCC[N+](C)(C)C)C(/C=C/CCCCCCCCCCC)OC(=O)CCCCCCCCCCCCCCCCCCCCCCCCCCC. The minimum atomic E-state index is -4.70. The highest BCUT2D eigenvalue weighted by molar-refractivity contribution is 7.45. The fourth-order valence-electron chi connectivity index (χ4n) is 11.7. The molecule has 0 aromatic heterocycles. The monoisotopic (exact) mass is 1250 g/mol. The predicted molar refractivity (Wildman–Crippen MR) is 376 cm³/mol. The van der Waals surface area contributed by atoms with Crippen LogP contribution in [-0.4, -0.2) is 69.4 Å². The number of carbonyl (C=O) groups excluding carboxylic acids is 2. The van der Waals surface area contributed by atoms with Crippen LogP contribution in [-0.2, 0) is 27.9 Å². The highest BCUT2D eigenvalue weighted by Gasteiger charge is 2.27. The summed E-state index contributed by atoms with van der Waals surface area (Å²) in [4.78, 5) is 40.2. The molecule has 3 atom stereocenters. The van der Waals surface area contributed by atoms with Crippen LogP contribution in [0.1, 0.15) is 393 Å². The summed E-state index contributed by atoms with van der Waals surface area (Å²) in [7, 11) is 1.21. The Morgan fingerprint density at radius 2 is 0.701 bits per heavy atom. The fraction of sp³-hybridized carbons (Fsp3) is 0.896. The van der Waals surface area contributed by atoms with Crippen molar-refractivity contribution >= 4 is 19.7 Å². The Morgan fingerprint density at radius 3 is 1.06 bits per heavy atom. The largest absolute Gasteiger partial charge is 0.756 e. The summed E-state index contributed by atoms with van der Waals surface area (Å²) in [5.41, 5.74) is 0. The van der Waals surface area contributed by atoms with Crippen LogP contribution in [0, 0.1) is 0 Å². The van der Waals surface area contributed by atoms with E-state index in [0.717, 1.165) is 64.2 Å². The van der Waals surface area contributed by atoms with Crippen molar-refractivity contribution in [1.82, 2.24) is 5.32 Å². The van der Waals surface area contributed by atoms with Gasteiger partial charge in [-0.15, -0.1) is 0 Å². The molecule has 514 valence electrons. The summed E-state index contributed by atoms with van der Waals surface area (Å²) < 4.78 is 30.5. The van der Waals surface area contributed by atoms with Gasteiger partial charge in [-0.25, -0.2) is 0 Å². The standard InChI is InChI=1S/C77H149N2O7P/c1-7-10-13-16-19-22-25-27-29-31-33-35-37-39-41-43-45-47-49-51-54-57-60-63-66-69-76(80)78-74(73-85-87(82,83)84-72-71-79(4,5)6)75(68-65-62-59-56-53-24-21-18-15-12-9-3)86-77(81)70-67-64-61-58-55-52-50-48-46-44-42-40-38-36-34-32-30-28-26-23-20-17-14-11-8-2/h19,22,27,29,65,68,74-75H,7-18,20-21,23-26,28,30-64,66-67,69-73H2,1-6H3,(H-,78,80,82,83)/b22-19-,29-27-,68-65+. The van der Waals surface area contributed by atoms with Gasteiger partial charge in [0.25, 0.3) is 7.82 Å². The lowest BCUT2D eigenvalue weighted by Crippen LogP contribution is -2.47. The number of hydrogen-bond donors (Lipinski definition) is 1. The molecule has 87 heavy (non-hydrogen) atoms. The fourth-order valence-corrected chi connectivity index (χ4v) is 12.4. The van der Waals surface area contributed by atoms with E-state index in [1.54, 1.807) is 0 Å². The van der Waals surface area contributed by atoms with Crippen molar-refractivity contribution in [2.75, 3.05) is 40.9 Å². The van der Waals surface area contributed by atoms with Crippen molar-refractivity contribution in [3.05, 3.63) is 36.5 Å². The minimum absolute atomic E-state index is 0.0189. The van der Waals surface area contributed by atoms with Crippen molar-refractivity contribution in [3.8, 4) is 0 Å². The molecule has 0 aromatic carbocycles. The number of unbranched alkanes of at least 4 members (excludes halogenated alkanes) is 51. The second-order valence-electron chi connectivity index (χ2n) is 27.5. The highest BCUT2D eigenvalue weighted by Crippen LogP contribution is 2.38. The van der Waals surface area contributed by atoms with E-state index in [1.807, 2.05) is 33.3 Å². The summed E-state index contributed by atoms with van der Waals surface area (Å²) in [5.74, 6) is -0.518. The van der Waals surface area contributed by atoms with Crippen LogP contribution in [0.3, 0.4) is 0 Å². The lowest BCUT2D eigenvalue weighted by molar-refractivity contribution is -0.870. The van der Waals surface area contributed by atoms with E-state index < -0.39 is 20.0 Å². The molecular formula is C77H149N2O7P. The molecule has 0 aliphatic rings. The van der Waals surface area contributed by atoms with Crippen LogP contribution in [0.4, 0.5) is 0 Å². The van der Waals surface area contributed by atoms with Crippen LogP contribution >= 0.6 is 7.82 Å². The quantitative estimate of drug-likeness (QED) is 0.0212. The molecule has 0 spiro atoms. The van der Waals surface area contributed by atoms with E-state index in [-0.39, 0.29) is 31.5 Å². The van der Waals surface area contributed by atoms with Gasteiger partial charge in [-0.2, -0.15) is 0 Å². The summed E-state index contributed by atoms with van der Waals surface area (Å²) in [6.45, 7) is 6.89. The van der Waals surface area contributed by atoms with Gasteiger partial charge in [0.15, 0.2) is 0 Å². The number of phosphoric acid groups is 1. The number of nitrogens with zero attached hydrogens (tertiary/aromatic N) is 1. The maximum absolute atomic E-state index is 13.6. The van der Waals surface area contributed by atoms with E-state index in [0.29, 0.717) is 17.4 Å². The van der Waals surface area contributed by atoms with Gasteiger partial charge >= 0.3 is 5.97 Å². The first kappa shape index (κ1) is 85.2. The molecule has 0 fully saturated rings. The molecular weight excluding hydrogens is 1100 g/mol. The van der Waals surface area contributed by atoms with Gasteiger partial charge in [0.1, 0.15) is 19.3 Å². The predicted octanol–water partition coefficient (Wildman–Crippen LogP) is 23.9. The third-order valence-electron chi connectivity index (χ3n) is 17.6. The molecule has 1 N–H and O–H groups in total. The van der Waals surface area contributed by atoms with Gasteiger partial charge in [0.2, 0.25) is 5.91 Å². The van der Waals surface area contributed by atoms with Crippen molar-refractivity contribution < 1.29 is 37.3 Å². The third-order valence-corrected chi connectivity index (χ3v) is 18.5. The topological polar surface area (TPSA) is 114 Å². The summed E-state index contributed by atoms with van der Waals surface area (Å²) in [6.07, 6.45) is 84.3. The Balaban J connectivity index is 4.89. The number of hydrogen-bond acceptors (Lipinski definition) is 7. The molecule has 0 heterocycles. The second-order valence-corrected chi connectivity index (χ2v) is 28.9. The third kappa shape index (κ3) is 68.4. The number of quaternary nitrogens is 1. The van der Waals surface area contributed by atoms with E-state index in [4.69, 9.17) is 13.8 Å². The molecule has 0 bridgehead atoms. The zero-order valence-electron chi connectivity index (χ0n) is 59.0. The molecule has 0 aliphatic heterocycles. The van der Waals surface area contributed by atoms with Crippen LogP contribution in [0.2, 0.25) is 0 Å². The second kappa shape index (κ2) is 67.1. The first-order valence-electron chi connectivity index (χ1n) is 38.3. The van der Waals surface area contributed by atoms with Crippen molar-refractivity contribution in [2.24, 2.45) is 0 Å².